The van der Waals surface area contributed by atoms with Crippen molar-refractivity contribution in [3.63, 3.8) is 0 Å². The molecule has 3 unspecified atom stereocenters. The third-order valence-corrected chi connectivity index (χ3v) is 3.52. The highest BCUT2D eigenvalue weighted by molar-refractivity contribution is 5.76. The Morgan fingerprint density at radius 2 is 1.88 bits per heavy atom. The maximum Gasteiger partial charge on any atom is 0.323 e. The maximum absolute atomic E-state index is 11.7. The molecule has 0 spiro atoms. The maximum atomic E-state index is 11.7. The average molecular weight is 243 g/mol. The number of hydrogen-bond acceptors (Lipinski definition) is 4. The van der Waals surface area contributed by atoms with Gasteiger partial charge >= 0.3 is 5.97 Å². The van der Waals surface area contributed by atoms with Gasteiger partial charge in [0, 0.05) is 13.2 Å². The summed E-state index contributed by atoms with van der Waals surface area (Å²) in [6.45, 7) is 4.05. The van der Waals surface area contributed by atoms with Crippen molar-refractivity contribution in [2.45, 2.75) is 57.7 Å². The number of methoxy groups -OCH3 is 2. The molecule has 0 aromatic heterocycles. The first-order valence-corrected chi connectivity index (χ1v) is 6.46. The summed E-state index contributed by atoms with van der Waals surface area (Å²) in [6, 6.07) is 0.0287. The standard InChI is InChI=1S/C13H25NO3/c1-9(2)12(13(15)17-4)14-10-7-5-6-8-11(10)16-3/h9-12,14H,5-8H2,1-4H3. The fraction of sp³-hybridized carbons (Fsp3) is 0.923. The molecule has 1 fully saturated rings. The summed E-state index contributed by atoms with van der Waals surface area (Å²) in [4.78, 5) is 11.7. The molecule has 0 radical (unpaired) electrons. The van der Waals surface area contributed by atoms with E-state index in [4.69, 9.17) is 9.47 Å². The molecule has 4 heteroatoms. The molecule has 0 bridgehead atoms. The monoisotopic (exact) mass is 243 g/mol. The zero-order chi connectivity index (χ0) is 12.8. The van der Waals surface area contributed by atoms with Crippen LogP contribution in [0.4, 0.5) is 0 Å². The minimum atomic E-state index is -0.235. The molecular formula is C13H25NO3. The van der Waals surface area contributed by atoms with Gasteiger partial charge in [-0.1, -0.05) is 26.7 Å². The van der Waals surface area contributed by atoms with Crippen LogP contribution in [0.1, 0.15) is 39.5 Å². The van der Waals surface area contributed by atoms with Gasteiger partial charge in [-0.25, -0.2) is 0 Å². The zero-order valence-corrected chi connectivity index (χ0v) is 11.4. The first kappa shape index (κ1) is 14.5. The van der Waals surface area contributed by atoms with Crippen LogP contribution in [0.2, 0.25) is 0 Å². The second kappa shape index (κ2) is 6.97. The predicted octanol–water partition coefficient (Wildman–Crippen LogP) is 1.73. The van der Waals surface area contributed by atoms with Gasteiger partial charge in [-0.15, -0.1) is 0 Å². The van der Waals surface area contributed by atoms with Crippen molar-refractivity contribution in [3.05, 3.63) is 0 Å². The third-order valence-electron chi connectivity index (χ3n) is 3.52. The molecule has 1 aliphatic carbocycles. The van der Waals surface area contributed by atoms with Crippen LogP contribution in [0, 0.1) is 5.92 Å². The Labute approximate surface area is 104 Å². The lowest BCUT2D eigenvalue weighted by atomic mass is 9.90. The summed E-state index contributed by atoms with van der Waals surface area (Å²) in [7, 11) is 3.18. The molecule has 100 valence electrons. The fourth-order valence-electron chi connectivity index (χ4n) is 2.46. The molecule has 17 heavy (non-hydrogen) atoms. The number of esters is 1. The third kappa shape index (κ3) is 3.96. The highest BCUT2D eigenvalue weighted by Crippen LogP contribution is 2.22. The number of carbonyl (C=O) groups is 1. The summed E-state index contributed by atoms with van der Waals surface area (Å²) in [5.74, 6) is 0.0438. The SMILES string of the molecule is COC(=O)C(NC1CCCCC1OC)C(C)C. The second-order valence-corrected chi connectivity index (χ2v) is 5.08. The Kier molecular flexibility index (Phi) is 5.92. The molecule has 1 rings (SSSR count). The van der Waals surface area contributed by atoms with Gasteiger partial charge in [-0.2, -0.15) is 0 Å². The molecule has 1 N–H and O–H groups in total. The predicted molar refractivity (Wildman–Crippen MR) is 66.8 cm³/mol. The highest BCUT2D eigenvalue weighted by atomic mass is 16.5. The quantitative estimate of drug-likeness (QED) is 0.747. The van der Waals surface area contributed by atoms with Crippen molar-refractivity contribution in [1.29, 1.82) is 0 Å². The minimum absolute atomic E-state index is 0.180. The van der Waals surface area contributed by atoms with Crippen molar-refractivity contribution in [1.82, 2.24) is 5.32 Å². The van der Waals surface area contributed by atoms with Gasteiger partial charge < -0.3 is 9.47 Å². The van der Waals surface area contributed by atoms with E-state index in [0.717, 1.165) is 12.8 Å². The molecule has 1 saturated carbocycles. The van der Waals surface area contributed by atoms with Crippen molar-refractivity contribution in [3.8, 4) is 0 Å². The van der Waals surface area contributed by atoms with Crippen molar-refractivity contribution >= 4 is 5.97 Å². The topological polar surface area (TPSA) is 47.6 Å². The summed E-state index contributed by atoms with van der Waals surface area (Å²) < 4.78 is 10.3. The smallest absolute Gasteiger partial charge is 0.323 e. The minimum Gasteiger partial charge on any atom is -0.468 e. The molecule has 0 aromatic carbocycles. The normalized spacial score (nSPS) is 26.9. The number of ether oxygens (including phenoxy) is 2. The second-order valence-electron chi connectivity index (χ2n) is 5.08. The van der Waals surface area contributed by atoms with Gasteiger partial charge in [0.05, 0.1) is 13.2 Å². The van der Waals surface area contributed by atoms with Gasteiger partial charge in [-0.3, -0.25) is 10.1 Å². The van der Waals surface area contributed by atoms with E-state index in [1.807, 2.05) is 13.8 Å². The molecule has 1 aliphatic rings. The van der Waals surface area contributed by atoms with Gasteiger partial charge in [-0.05, 0) is 18.8 Å². The van der Waals surface area contributed by atoms with Crippen LogP contribution < -0.4 is 5.32 Å². The molecule has 3 atom stereocenters. The van der Waals surface area contributed by atoms with E-state index in [0.29, 0.717) is 0 Å². The Morgan fingerprint density at radius 3 is 2.41 bits per heavy atom. The first-order chi connectivity index (χ1) is 8.10. The zero-order valence-electron chi connectivity index (χ0n) is 11.4. The van der Waals surface area contributed by atoms with Gasteiger partial charge in [0.25, 0.3) is 0 Å². The molecular weight excluding hydrogens is 218 g/mol. The van der Waals surface area contributed by atoms with Crippen molar-refractivity contribution in [2.24, 2.45) is 5.92 Å². The van der Waals surface area contributed by atoms with Crippen LogP contribution in [0.5, 0.6) is 0 Å². The van der Waals surface area contributed by atoms with Crippen LogP contribution in [-0.2, 0) is 14.3 Å². The molecule has 0 aliphatic heterocycles. The van der Waals surface area contributed by atoms with Crippen LogP contribution in [0.25, 0.3) is 0 Å². The van der Waals surface area contributed by atoms with Gasteiger partial charge in [0.1, 0.15) is 6.04 Å². The summed E-state index contributed by atoms with van der Waals surface area (Å²) in [5, 5.41) is 3.41. The van der Waals surface area contributed by atoms with Gasteiger partial charge in [0.2, 0.25) is 0 Å². The molecule has 4 nitrogen and oxygen atoms in total. The Bertz CT molecular complexity index is 243. The lowest BCUT2D eigenvalue weighted by Crippen LogP contribution is -2.52. The van der Waals surface area contributed by atoms with Crippen molar-refractivity contribution < 1.29 is 14.3 Å². The van der Waals surface area contributed by atoms with E-state index in [2.05, 4.69) is 5.32 Å². The van der Waals surface area contributed by atoms with E-state index in [9.17, 15) is 4.79 Å². The van der Waals surface area contributed by atoms with E-state index in [-0.39, 0.29) is 30.1 Å². The highest BCUT2D eigenvalue weighted by Gasteiger charge is 2.31. The van der Waals surface area contributed by atoms with Crippen LogP contribution in [0.15, 0.2) is 0 Å². The number of rotatable bonds is 5. The lowest BCUT2D eigenvalue weighted by Gasteiger charge is -2.34. The Morgan fingerprint density at radius 1 is 1.24 bits per heavy atom. The van der Waals surface area contributed by atoms with Crippen LogP contribution in [-0.4, -0.2) is 38.4 Å². The largest absolute Gasteiger partial charge is 0.468 e. The fourth-order valence-corrected chi connectivity index (χ4v) is 2.46. The molecule has 0 saturated heterocycles. The Hall–Kier alpha value is -0.610. The molecule has 0 aromatic rings. The summed E-state index contributed by atoms with van der Waals surface area (Å²) >= 11 is 0. The Balaban J connectivity index is 2.61. The molecule has 0 heterocycles. The summed E-state index contributed by atoms with van der Waals surface area (Å²) in [5.41, 5.74) is 0. The van der Waals surface area contributed by atoms with Crippen molar-refractivity contribution in [2.75, 3.05) is 14.2 Å². The lowest BCUT2D eigenvalue weighted by molar-refractivity contribution is -0.145. The van der Waals surface area contributed by atoms with Gasteiger partial charge in [0.15, 0.2) is 0 Å². The number of nitrogens with one attached hydrogen (secondary N) is 1. The summed E-state index contributed by atoms with van der Waals surface area (Å²) in [6.07, 6.45) is 4.76. The van der Waals surface area contributed by atoms with Crippen LogP contribution in [0.3, 0.4) is 0 Å². The average Bonchev–Trinajstić information content (AvgIpc) is 2.35. The molecule has 0 amide bonds. The first-order valence-electron chi connectivity index (χ1n) is 6.46. The van der Waals surface area contributed by atoms with E-state index in [1.54, 1.807) is 7.11 Å². The van der Waals surface area contributed by atoms with E-state index in [1.165, 1.54) is 20.0 Å². The number of hydrogen-bond donors (Lipinski definition) is 1. The van der Waals surface area contributed by atoms with Crippen LogP contribution >= 0.6 is 0 Å². The van der Waals surface area contributed by atoms with E-state index >= 15 is 0 Å². The number of carbonyl (C=O) groups excluding carboxylic acids is 1. The van der Waals surface area contributed by atoms with E-state index < -0.39 is 0 Å².